The van der Waals surface area contributed by atoms with Crippen molar-refractivity contribution >= 4 is 5.82 Å². The van der Waals surface area contributed by atoms with Gasteiger partial charge in [0, 0.05) is 18.7 Å². The summed E-state index contributed by atoms with van der Waals surface area (Å²) in [4.78, 5) is 5.66. The van der Waals surface area contributed by atoms with Crippen LogP contribution in [0.2, 0.25) is 0 Å². The van der Waals surface area contributed by atoms with E-state index in [1.54, 1.807) is 0 Å². The van der Waals surface area contributed by atoms with Crippen molar-refractivity contribution in [3.05, 3.63) is 17.7 Å². The summed E-state index contributed by atoms with van der Waals surface area (Å²) in [6.07, 6.45) is 2.40. The van der Waals surface area contributed by atoms with Crippen molar-refractivity contribution in [2.75, 3.05) is 25.9 Å². The van der Waals surface area contributed by atoms with E-state index in [-0.39, 0.29) is 11.7 Å². The Bertz CT molecular complexity index is 410. The van der Waals surface area contributed by atoms with Crippen LogP contribution in [0, 0.1) is 11.6 Å². The van der Waals surface area contributed by atoms with Crippen molar-refractivity contribution in [1.29, 1.82) is 0 Å². The molecule has 0 aliphatic heterocycles. The average molecular weight is 243 g/mol. The van der Waals surface area contributed by atoms with E-state index < -0.39 is 11.6 Å². The van der Waals surface area contributed by atoms with Crippen molar-refractivity contribution in [3.63, 3.8) is 0 Å². The van der Waals surface area contributed by atoms with E-state index >= 15 is 0 Å². The molecule has 0 amide bonds. The average Bonchev–Trinajstić information content (AvgIpc) is 3.09. The second kappa shape index (κ2) is 4.83. The molecule has 1 heterocycles. The molecule has 1 aliphatic rings. The van der Waals surface area contributed by atoms with Gasteiger partial charge >= 0.3 is 0 Å². The molecule has 1 aromatic rings. The van der Waals surface area contributed by atoms with Gasteiger partial charge in [-0.3, -0.25) is 0 Å². The van der Waals surface area contributed by atoms with Crippen LogP contribution in [0.25, 0.3) is 0 Å². The molecule has 0 radical (unpaired) electrons. The zero-order valence-electron chi connectivity index (χ0n) is 9.62. The van der Waals surface area contributed by atoms with E-state index in [1.807, 2.05) is 7.05 Å². The summed E-state index contributed by atoms with van der Waals surface area (Å²) in [7, 11) is 1.99. The van der Waals surface area contributed by atoms with Crippen LogP contribution in [0.4, 0.5) is 14.6 Å². The molecule has 1 aromatic heterocycles. The standard InChI is InChI=1S/C11H15F2N3O/c1-16(7-2-3-7)4-5-17-11-9(13)6-8(12)10(14)15-11/h6-7H,2-5H2,1H3,(H2,14,15). The summed E-state index contributed by atoms with van der Waals surface area (Å²) in [6.45, 7) is 0.991. The predicted molar refractivity (Wildman–Crippen MR) is 59.7 cm³/mol. The van der Waals surface area contributed by atoms with Gasteiger partial charge in [-0.25, -0.2) is 8.78 Å². The van der Waals surface area contributed by atoms with Crippen molar-refractivity contribution in [3.8, 4) is 5.88 Å². The molecule has 0 aromatic carbocycles. The summed E-state index contributed by atoms with van der Waals surface area (Å²) >= 11 is 0. The smallest absolute Gasteiger partial charge is 0.252 e. The van der Waals surface area contributed by atoms with E-state index in [0.717, 1.165) is 0 Å². The van der Waals surface area contributed by atoms with Crippen LogP contribution in [0.5, 0.6) is 5.88 Å². The Morgan fingerprint density at radius 2 is 2.18 bits per heavy atom. The number of aromatic nitrogens is 1. The molecule has 17 heavy (non-hydrogen) atoms. The van der Waals surface area contributed by atoms with Crippen molar-refractivity contribution in [2.24, 2.45) is 0 Å². The first-order valence-electron chi connectivity index (χ1n) is 5.52. The zero-order valence-corrected chi connectivity index (χ0v) is 9.62. The SMILES string of the molecule is CN(CCOc1nc(N)c(F)cc1F)C1CC1. The first-order chi connectivity index (χ1) is 8.08. The Hall–Kier alpha value is -1.43. The van der Waals surface area contributed by atoms with E-state index in [1.165, 1.54) is 12.8 Å². The second-order valence-electron chi connectivity index (χ2n) is 4.20. The van der Waals surface area contributed by atoms with Crippen molar-refractivity contribution in [1.82, 2.24) is 9.88 Å². The third-order valence-electron chi connectivity index (χ3n) is 2.78. The minimum atomic E-state index is -0.870. The van der Waals surface area contributed by atoms with Crippen molar-refractivity contribution in [2.45, 2.75) is 18.9 Å². The van der Waals surface area contributed by atoms with Crippen molar-refractivity contribution < 1.29 is 13.5 Å². The molecule has 0 atom stereocenters. The number of nitrogens with zero attached hydrogens (tertiary/aromatic N) is 2. The Morgan fingerprint density at radius 1 is 1.47 bits per heavy atom. The number of halogens is 2. The van der Waals surface area contributed by atoms with Gasteiger partial charge in [0.05, 0.1) is 0 Å². The van der Waals surface area contributed by atoms with Crippen LogP contribution < -0.4 is 10.5 Å². The molecule has 6 heteroatoms. The number of hydrogen-bond donors (Lipinski definition) is 1. The molecule has 2 rings (SSSR count). The second-order valence-corrected chi connectivity index (χ2v) is 4.20. The summed E-state index contributed by atoms with van der Waals surface area (Å²) in [5.74, 6) is -2.29. The van der Waals surface area contributed by atoms with Gasteiger partial charge in [0.1, 0.15) is 6.61 Å². The largest absolute Gasteiger partial charge is 0.474 e. The molecule has 1 aliphatic carbocycles. The number of nitrogen functional groups attached to an aromatic ring is 1. The van der Waals surface area contributed by atoms with Crippen LogP contribution in [0.15, 0.2) is 6.07 Å². The Kier molecular flexibility index (Phi) is 3.42. The molecular formula is C11H15F2N3O. The third kappa shape index (κ3) is 3.03. The number of rotatable bonds is 5. The Morgan fingerprint density at radius 3 is 2.82 bits per heavy atom. The highest BCUT2D eigenvalue weighted by Gasteiger charge is 2.25. The lowest BCUT2D eigenvalue weighted by atomic mass is 10.4. The Labute approximate surface area is 98.4 Å². The van der Waals surface area contributed by atoms with Crippen LogP contribution in [0.3, 0.4) is 0 Å². The lowest BCUT2D eigenvalue weighted by molar-refractivity contribution is 0.219. The molecular weight excluding hydrogens is 228 g/mol. The molecule has 0 unspecified atom stereocenters. The van der Waals surface area contributed by atoms with Crippen LogP contribution in [-0.2, 0) is 0 Å². The molecule has 0 spiro atoms. The summed E-state index contributed by atoms with van der Waals surface area (Å²) in [6, 6.07) is 1.30. The van der Waals surface area contributed by atoms with E-state index in [2.05, 4.69) is 9.88 Å². The Balaban J connectivity index is 1.87. The highest BCUT2D eigenvalue weighted by atomic mass is 19.1. The molecule has 1 fully saturated rings. The predicted octanol–water partition coefficient (Wildman–Crippen LogP) is 1.41. The summed E-state index contributed by atoms with van der Waals surface area (Å²) < 4.78 is 31.2. The van der Waals surface area contributed by atoms with Gasteiger partial charge in [-0.15, -0.1) is 0 Å². The number of likely N-dealkylation sites (N-methyl/N-ethyl adjacent to an activating group) is 1. The van der Waals surface area contributed by atoms with E-state index in [9.17, 15) is 8.78 Å². The first kappa shape index (κ1) is 12.0. The molecule has 4 nitrogen and oxygen atoms in total. The van der Waals surface area contributed by atoms with Crippen LogP contribution in [-0.4, -0.2) is 36.1 Å². The zero-order chi connectivity index (χ0) is 12.4. The van der Waals surface area contributed by atoms with Crippen LogP contribution >= 0.6 is 0 Å². The molecule has 94 valence electrons. The molecule has 1 saturated carbocycles. The van der Waals surface area contributed by atoms with Crippen LogP contribution in [0.1, 0.15) is 12.8 Å². The number of hydrogen-bond acceptors (Lipinski definition) is 4. The van der Waals surface area contributed by atoms with E-state index in [4.69, 9.17) is 10.5 Å². The summed E-state index contributed by atoms with van der Waals surface area (Å²) in [5.41, 5.74) is 5.24. The first-order valence-corrected chi connectivity index (χ1v) is 5.52. The number of pyridine rings is 1. The lowest BCUT2D eigenvalue weighted by Gasteiger charge is -2.15. The van der Waals surface area contributed by atoms with Gasteiger partial charge < -0.3 is 15.4 Å². The van der Waals surface area contributed by atoms with Gasteiger partial charge in [-0.05, 0) is 19.9 Å². The monoisotopic (exact) mass is 243 g/mol. The maximum Gasteiger partial charge on any atom is 0.252 e. The molecule has 0 saturated heterocycles. The quantitative estimate of drug-likeness (QED) is 0.849. The van der Waals surface area contributed by atoms with Gasteiger partial charge in [-0.2, -0.15) is 4.98 Å². The highest BCUT2D eigenvalue weighted by molar-refractivity contribution is 5.34. The number of ether oxygens (including phenoxy) is 1. The topological polar surface area (TPSA) is 51.4 Å². The lowest BCUT2D eigenvalue weighted by Crippen LogP contribution is -2.26. The fraction of sp³-hybridized carbons (Fsp3) is 0.545. The number of anilines is 1. The summed E-state index contributed by atoms with van der Waals surface area (Å²) in [5, 5.41) is 0. The molecule has 0 bridgehead atoms. The minimum absolute atomic E-state index is 0.243. The molecule has 2 N–H and O–H groups in total. The van der Waals surface area contributed by atoms with E-state index in [0.29, 0.717) is 25.3 Å². The normalized spacial score (nSPS) is 15.3. The fourth-order valence-electron chi connectivity index (χ4n) is 1.55. The minimum Gasteiger partial charge on any atom is -0.474 e. The maximum absolute atomic E-state index is 13.2. The van der Waals surface area contributed by atoms with Gasteiger partial charge in [0.15, 0.2) is 17.5 Å². The highest BCUT2D eigenvalue weighted by Crippen LogP contribution is 2.25. The fourth-order valence-corrected chi connectivity index (χ4v) is 1.55. The number of nitrogens with two attached hydrogens (primary N) is 1. The maximum atomic E-state index is 13.2. The van der Waals surface area contributed by atoms with Gasteiger partial charge in [0.2, 0.25) is 0 Å². The third-order valence-corrected chi connectivity index (χ3v) is 2.78. The van der Waals surface area contributed by atoms with Gasteiger partial charge in [-0.1, -0.05) is 0 Å². The van der Waals surface area contributed by atoms with Gasteiger partial charge in [0.25, 0.3) is 5.88 Å².